The highest BCUT2D eigenvalue weighted by molar-refractivity contribution is 5.36. The molecular formula is C17H28N2. The van der Waals surface area contributed by atoms with E-state index in [0.717, 1.165) is 19.1 Å². The summed E-state index contributed by atoms with van der Waals surface area (Å²) in [6, 6.07) is 7.70. The van der Waals surface area contributed by atoms with Crippen molar-refractivity contribution in [2.45, 2.75) is 58.5 Å². The predicted octanol–water partition coefficient (Wildman–Crippen LogP) is 3.57. The van der Waals surface area contributed by atoms with Gasteiger partial charge in [0, 0.05) is 18.6 Å². The van der Waals surface area contributed by atoms with Crippen molar-refractivity contribution in [3.63, 3.8) is 0 Å². The quantitative estimate of drug-likeness (QED) is 0.877. The van der Waals surface area contributed by atoms with Gasteiger partial charge in [0.1, 0.15) is 0 Å². The number of hydrogen-bond acceptors (Lipinski definition) is 2. The lowest BCUT2D eigenvalue weighted by molar-refractivity contribution is 0.146. The average Bonchev–Trinajstić information content (AvgIpc) is 2.91. The van der Waals surface area contributed by atoms with Crippen molar-refractivity contribution in [2.75, 3.05) is 13.1 Å². The van der Waals surface area contributed by atoms with Crippen LogP contribution in [0.25, 0.3) is 0 Å². The normalized spacial score (nSPS) is 18.2. The monoisotopic (exact) mass is 260 g/mol. The van der Waals surface area contributed by atoms with E-state index in [-0.39, 0.29) is 0 Å². The Morgan fingerprint density at radius 3 is 2.26 bits per heavy atom. The molecule has 1 aliphatic rings. The lowest BCUT2D eigenvalue weighted by atomic mass is 9.93. The molecule has 19 heavy (non-hydrogen) atoms. The fourth-order valence-corrected chi connectivity index (χ4v) is 3.74. The van der Waals surface area contributed by atoms with Gasteiger partial charge in [-0.25, -0.2) is 0 Å². The zero-order chi connectivity index (χ0) is 13.8. The lowest BCUT2D eigenvalue weighted by Crippen LogP contribution is -2.40. The molecule has 1 saturated carbocycles. The Labute approximate surface area is 118 Å². The Balaban J connectivity index is 2.31. The maximum absolute atomic E-state index is 6.14. The number of rotatable bonds is 5. The zero-order valence-electron chi connectivity index (χ0n) is 12.7. The zero-order valence-corrected chi connectivity index (χ0v) is 12.7. The molecule has 2 rings (SSSR count). The molecule has 0 aromatic heterocycles. The Bertz CT molecular complexity index is 387. The molecule has 2 N–H and O–H groups in total. The van der Waals surface area contributed by atoms with E-state index in [0.29, 0.717) is 6.04 Å². The van der Waals surface area contributed by atoms with Gasteiger partial charge in [0.05, 0.1) is 0 Å². The smallest absolute Gasteiger partial charge is 0.0478 e. The van der Waals surface area contributed by atoms with E-state index in [9.17, 15) is 0 Å². The Hall–Kier alpha value is -0.860. The van der Waals surface area contributed by atoms with Gasteiger partial charge >= 0.3 is 0 Å². The second-order valence-electron chi connectivity index (χ2n) is 5.83. The van der Waals surface area contributed by atoms with Gasteiger partial charge in [0.15, 0.2) is 0 Å². The first-order chi connectivity index (χ1) is 9.19. The van der Waals surface area contributed by atoms with E-state index in [1.165, 1.54) is 42.4 Å². The Morgan fingerprint density at radius 2 is 1.79 bits per heavy atom. The van der Waals surface area contributed by atoms with Crippen molar-refractivity contribution >= 4 is 0 Å². The van der Waals surface area contributed by atoms with Crippen LogP contribution in [0.5, 0.6) is 0 Å². The van der Waals surface area contributed by atoms with E-state index in [2.05, 4.69) is 43.9 Å². The summed E-state index contributed by atoms with van der Waals surface area (Å²) in [7, 11) is 0. The highest BCUT2D eigenvalue weighted by atomic mass is 15.2. The van der Waals surface area contributed by atoms with Crippen molar-refractivity contribution in [2.24, 2.45) is 5.73 Å². The minimum absolute atomic E-state index is 0.384. The molecule has 1 aromatic rings. The van der Waals surface area contributed by atoms with E-state index in [1.807, 2.05) is 0 Å². The summed E-state index contributed by atoms with van der Waals surface area (Å²) in [5.74, 6) is 0. The molecule has 1 aliphatic carbocycles. The third kappa shape index (κ3) is 3.01. The first-order valence-corrected chi connectivity index (χ1v) is 7.71. The average molecular weight is 260 g/mol. The summed E-state index contributed by atoms with van der Waals surface area (Å²) < 4.78 is 0. The van der Waals surface area contributed by atoms with Crippen LogP contribution in [0.3, 0.4) is 0 Å². The maximum Gasteiger partial charge on any atom is 0.0478 e. The van der Waals surface area contributed by atoms with E-state index >= 15 is 0 Å². The van der Waals surface area contributed by atoms with Crippen molar-refractivity contribution in [1.82, 2.24) is 4.90 Å². The number of hydrogen-bond donors (Lipinski definition) is 1. The van der Waals surface area contributed by atoms with Gasteiger partial charge in [-0.2, -0.15) is 0 Å². The van der Waals surface area contributed by atoms with Crippen LogP contribution in [0.15, 0.2) is 18.2 Å². The van der Waals surface area contributed by atoms with Crippen LogP contribution in [-0.4, -0.2) is 24.0 Å². The molecule has 0 bridgehead atoms. The molecule has 2 heteroatoms. The fraction of sp³-hybridized carbons (Fsp3) is 0.647. The molecule has 0 spiro atoms. The minimum atomic E-state index is 0.384. The lowest BCUT2D eigenvalue weighted by Gasteiger charge is -2.36. The molecular weight excluding hydrogens is 232 g/mol. The maximum atomic E-state index is 6.14. The summed E-state index contributed by atoms with van der Waals surface area (Å²) >= 11 is 0. The standard InChI is InChI=1S/C17H28N2/c1-4-19(15-10-5-6-11-15)16(12-18)17-13(2)8-7-9-14(17)3/h7-9,15-16H,4-6,10-12,18H2,1-3H3. The largest absolute Gasteiger partial charge is 0.329 e. The second kappa shape index (κ2) is 6.53. The molecule has 0 radical (unpaired) electrons. The highest BCUT2D eigenvalue weighted by Gasteiger charge is 2.29. The van der Waals surface area contributed by atoms with Gasteiger partial charge in [-0.05, 0) is 49.9 Å². The number of aryl methyl sites for hydroxylation is 2. The molecule has 0 aliphatic heterocycles. The van der Waals surface area contributed by atoms with E-state index < -0.39 is 0 Å². The van der Waals surface area contributed by atoms with Crippen molar-refractivity contribution < 1.29 is 0 Å². The van der Waals surface area contributed by atoms with Crippen LogP contribution in [0, 0.1) is 13.8 Å². The summed E-state index contributed by atoms with van der Waals surface area (Å²) in [5.41, 5.74) is 10.4. The van der Waals surface area contributed by atoms with Crippen molar-refractivity contribution in [3.8, 4) is 0 Å². The van der Waals surface area contributed by atoms with E-state index in [4.69, 9.17) is 5.73 Å². The Kier molecular flexibility index (Phi) is 5.00. The number of nitrogens with two attached hydrogens (primary N) is 1. The first-order valence-electron chi connectivity index (χ1n) is 7.71. The molecule has 0 amide bonds. The summed E-state index contributed by atoms with van der Waals surface area (Å²) in [5, 5.41) is 0. The highest BCUT2D eigenvalue weighted by Crippen LogP contribution is 2.33. The second-order valence-corrected chi connectivity index (χ2v) is 5.83. The molecule has 1 fully saturated rings. The van der Waals surface area contributed by atoms with Gasteiger partial charge in [0.25, 0.3) is 0 Å². The molecule has 1 atom stereocenters. The minimum Gasteiger partial charge on any atom is -0.329 e. The fourth-order valence-electron chi connectivity index (χ4n) is 3.74. The van der Waals surface area contributed by atoms with Crippen molar-refractivity contribution in [3.05, 3.63) is 34.9 Å². The van der Waals surface area contributed by atoms with Crippen LogP contribution < -0.4 is 5.73 Å². The van der Waals surface area contributed by atoms with Gasteiger partial charge in [-0.1, -0.05) is 38.0 Å². The van der Waals surface area contributed by atoms with Gasteiger partial charge < -0.3 is 5.73 Å². The van der Waals surface area contributed by atoms with E-state index in [1.54, 1.807) is 0 Å². The molecule has 1 aromatic carbocycles. The number of benzene rings is 1. The molecule has 0 heterocycles. The third-order valence-electron chi connectivity index (χ3n) is 4.66. The Morgan fingerprint density at radius 1 is 1.21 bits per heavy atom. The van der Waals surface area contributed by atoms with Gasteiger partial charge in [-0.15, -0.1) is 0 Å². The summed E-state index contributed by atoms with van der Waals surface area (Å²) in [4.78, 5) is 2.64. The van der Waals surface area contributed by atoms with Gasteiger partial charge in [-0.3, -0.25) is 4.90 Å². The van der Waals surface area contributed by atoms with Crippen LogP contribution in [0.2, 0.25) is 0 Å². The van der Waals surface area contributed by atoms with Crippen LogP contribution >= 0.6 is 0 Å². The first kappa shape index (κ1) is 14.5. The summed E-state index contributed by atoms with van der Waals surface area (Å²) in [6.45, 7) is 8.52. The topological polar surface area (TPSA) is 29.3 Å². The molecule has 1 unspecified atom stereocenters. The molecule has 0 saturated heterocycles. The van der Waals surface area contributed by atoms with Crippen LogP contribution in [-0.2, 0) is 0 Å². The third-order valence-corrected chi connectivity index (χ3v) is 4.66. The number of likely N-dealkylation sites (N-methyl/N-ethyl adjacent to an activating group) is 1. The van der Waals surface area contributed by atoms with Crippen LogP contribution in [0.1, 0.15) is 55.3 Å². The van der Waals surface area contributed by atoms with Gasteiger partial charge in [0.2, 0.25) is 0 Å². The molecule has 2 nitrogen and oxygen atoms in total. The van der Waals surface area contributed by atoms with Crippen molar-refractivity contribution in [1.29, 1.82) is 0 Å². The molecule has 106 valence electrons. The predicted molar refractivity (Wildman–Crippen MR) is 82.3 cm³/mol. The summed E-state index contributed by atoms with van der Waals surface area (Å²) in [6.07, 6.45) is 5.45. The number of nitrogens with zero attached hydrogens (tertiary/aromatic N) is 1. The van der Waals surface area contributed by atoms with Crippen LogP contribution in [0.4, 0.5) is 0 Å². The SMILES string of the molecule is CCN(C1CCCC1)C(CN)c1c(C)cccc1C.